The molecule has 1 heterocycles. The van der Waals surface area contributed by atoms with Gasteiger partial charge in [-0.1, -0.05) is 0 Å². The van der Waals surface area contributed by atoms with Crippen LogP contribution in [0.4, 0.5) is 0 Å². The molecule has 0 aliphatic carbocycles. The minimum Gasteiger partial charge on any atom is -0.481 e. The van der Waals surface area contributed by atoms with E-state index >= 15 is 0 Å². The monoisotopic (exact) mass is 284 g/mol. The standard InChI is InChI=1S/C8H16O7.C2H4O2/c1-14-8-6(13)4(11)5(12)7(15-8)3(10)2-9;1-2(3)4/h3-13H,2H2,1H3;1H3,(H,3,4). The van der Waals surface area contributed by atoms with Crippen LogP contribution in [0, 0.1) is 0 Å². The van der Waals surface area contributed by atoms with Crippen molar-refractivity contribution in [1.82, 2.24) is 0 Å². The second-order valence-electron chi connectivity index (χ2n) is 3.95. The first kappa shape index (κ1) is 18.2. The summed E-state index contributed by atoms with van der Waals surface area (Å²) in [4.78, 5) is 9.00. The third kappa shape index (κ3) is 5.37. The van der Waals surface area contributed by atoms with Crippen LogP contribution in [0.15, 0.2) is 0 Å². The number of hydrogen-bond donors (Lipinski definition) is 6. The maximum atomic E-state index is 9.46. The highest BCUT2D eigenvalue weighted by Crippen LogP contribution is 2.23. The van der Waals surface area contributed by atoms with Crippen molar-refractivity contribution in [3.05, 3.63) is 0 Å². The van der Waals surface area contributed by atoms with Crippen molar-refractivity contribution in [2.75, 3.05) is 13.7 Å². The molecule has 19 heavy (non-hydrogen) atoms. The molecular weight excluding hydrogens is 264 g/mol. The van der Waals surface area contributed by atoms with E-state index in [0.717, 1.165) is 6.92 Å². The molecule has 6 N–H and O–H groups in total. The first-order valence-corrected chi connectivity index (χ1v) is 5.47. The first-order valence-electron chi connectivity index (χ1n) is 5.47. The number of hydrogen-bond acceptors (Lipinski definition) is 8. The van der Waals surface area contributed by atoms with Gasteiger partial charge in [-0.15, -0.1) is 0 Å². The largest absolute Gasteiger partial charge is 0.481 e. The van der Waals surface area contributed by atoms with Gasteiger partial charge < -0.3 is 40.1 Å². The van der Waals surface area contributed by atoms with Gasteiger partial charge in [0.1, 0.15) is 30.5 Å². The third-order valence-corrected chi connectivity index (χ3v) is 2.41. The Bertz CT molecular complexity index is 266. The smallest absolute Gasteiger partial charge is 0.300 e. The summed E-state index contributed by atoms with van der Waals surface area (Å²) in [5, 5.41) is 53.6. The summed E-state index contributed by atoms with van der Waals surface area (Å²) in [6.45, 7) is 0.459. The number of carboxylic acid groups (broad SMARTS) is 1. The average Bonchev–Trinajstić information content (AvgIpc) is 2.35. The molecule has 0 spiro atoms. The van der Waals surface area contributed by atoms with Crippen LogP contribution in [0.1, 0.15) is 6.92 Å². The van der Waals surface area contributed by atoms with E-state index in [0.29, 0.717) is 0 Å². The van der Waals surface area contributed by atoms with E-state index in [9.17, 15) is 20.4 Å². The SMILES string of the molecule is CC(=O)O.COC1OC(C(O)CO)C(O)C(O)C1O. The average molecular weight is 284 g/mol. The molecule has 0 aromatic heterocycles. The molecule has 0 aromatic rings. The second kappa shape index (κ2) is 8.38. The van der Waals surface area contributed by atoms with Crippen LogP contribution in [0.25, 0.3) is 0 Å². The molecule has 0 aromatic carbocycles. The summed E-state index contributed by atoms with van der Waals surface area (Å²) in [5.41, 5.74) is 0. The Labute approximate surface area is 109 Å². The van der Waals surface area contributed by atoms with Crippen LogP contribution in [-0.4, -0.2) is 87.1 Å². The van der Waals surface area contributed by atoms with Crippen molar-refractivity contribution in [1.29, 1.82) is 0 Å². The number of aliphatic carboxylic acids is 1. The summed E-state index contributed by atoms with van der Waals surface area (Å²) in [6, 6.07) is 0. The molecule has 1 fully saturated rings. The lowest BCUT2D eigenvalue weighted by Crippen LogP contribution is -2.61. The van der Waals surface area contributed by atoms with E-state index in [4.69, 9.17) is 24.5 Å². The summed E-state index contributed by atoms with van der Waals surface area (Å²) in [6.07, 6.45) is -8.05. The highest BCUT2D eigenvalue weighted by molar-refractivity contribution is 5.62. The normalized spacial score (nSPS) is 36.1. The van der Waals surface area contributed by atoms with Gasteiger partial charge in [0, 0.05) is 14.0 Å². The summed E-state index contributed by atoms with van der Waals surface area (Å²) < 4.78 is 9.70. The quantitative estimate of drug-likeness (QED) is 0.315. The van der Waals surface area contributed by atoms with Gasteiger partial charge in [0.15, 0.2) is 6.29 Å². The van der Waals surface area contributed by atoms with Gasteiger partial charge >= 0.3 is 0 Å². The molecule has 9 heteroatoms. The third-order valence-electron chi connectivity index (χ3n) is 2.41. The van der Waals surface area contributed by atoms with E-state index in [-0.39, 0.29) is 0 Å². The maximum absolute atomic E-state index is 9.46. The highest BCUT2D eigenvalue weighted by atomic mass is 16.7. The number of ether oxygens (including phenoxy) is 2. The van der Waals surface area contributed by atoms with Crippen LogP contribution in [0.5, 0.6) is 0 Å². The van der Waals surface area contributed by atoms with Gasteiger partial charge in [-0.2, -0.15) is 0 Å². The molecule has 0 bridgehead atoms. The zero-order chi connectivity index (χ0) is 15.2. The summed E-state index contributed by atoms with van der Waals surface area (Å²) in [7, 11) is 1.25. The molecule has 9 nitrogen and oxygen atoms in total. The number of rotatable bonds is 3. The predicted molar refractivity (Wildman–Crippen MR) is 60.1 cm³/mol. The molecule has 1 saturated heterocycles. The molecule has 0 radical (unpaired) electrons. The Kier molecular flexibility index (Phi) is 8.02. The van der Waals surface area contributed by atoms with Gasteiger partial charge in [0.25, 0.3) is 5.97 Å². The Hall–Kier alpha value is -0.810. The molecule has 114 valence electrons. The topological polar surface area (TPSA) is 157 Å². The Balaban J connectivity index is 0.000000711. The van der Waals surface area contributed by atoms with Crippen molar-refractivity contribution in [2.24, 2.45) is 0 Å². The van der Waals surface area contributed by atoms with Crippen LogP contribution < -0.4 is 0 Å². The molecule has 0 saturated carbocycles. The molecule has 6 unspecified atom stereocenters. The molecule has 0 amide bonds. The number of aliphatic hydroxyl groups is 5. The first-order chi connectivity index (χ1) is 8.76. The minimum atomic E-state index is -1.49. The Morgan fingerprint density at radius 2 is 1.74 bits per heavy atom. The predicted octanol–water partition coefficient (Wildman–Crippen LogP) is -3.12. The second-order valence-corrected chi connectivity index (χ2v) is 3.95. The van der Waals surface area contributed by atoms with Crippen molar-refractivity contribution >= 4 is 5.97 Å². The van der Waals surface area contributed by atoms with Gasteiger partial charge in [0.05, 0.1) is 6.61 Å². The number of aliphatic hydroxyl groups excluding tert-OH is 5. The maximum Gasteiger partial charge on any atom is 0.300 e. The molecule has 1 aliphatic heterocycles. The molecule has 1 aliphatic rings. The molecule has 6 atom stereocenters. The van der Waals surface area contributed by atoms with Gasteiger partial charge in [-0.25, -0.2) is 0 Å². The Morgan fingerprint density at radius 3 is 2.11 bits per heavy atom. The summed E-state index contributed by atoms with van der Waals surface area (Å²) in [5.74, 6) is -0.833. The summed E-state index contributed by atoms with van der Waals surface area (Å²) >= 11 is 0. The zero-order valence-corrected chi connectivity index (χ0v) is 10.6. The van der Waals surface area contributed by atoms with Crippen molar-refractivity contribution < 1.29 is 44.9 Å². The highest BCUT2D eigenvalue weighted by Gasteiger charge is 2.46. The van der Waals surface area contributed by atoms with Gasteiger partial charge in [-0.05, 0) is 0 Å². The number of carbonyl (C=O) groups is 1. The molecule has 1 rings (SSSR count). The van der Waals surface area contributed by atoms with Crippen LogP contribution in [-0.2, 0) is 14.3 Å². The zero-order valence-electron chi connectivity index (χ0n) is 10.6. The lowest BCUT2D eigenvalue weighted by atomic mass is 9.95. The van der Waals surface area contributed by atoms with Crippen molar-refractivity contribution in [3.8, 4) is 0 Å². The van der Waals surface area contributed by atoms with E-state index in [1.165, 1.54) is 7.11 Å². The van der Waals surface area contributed by atoms with Gasteiger partial charge in [-0.3, -0.25) is 4.79 Å². The number of carboxylic acids is 1. The fourth-order valence-corrected chi connectivity index (χ4v) is 1.49. The minimum absolute atomic E-state index is 0.624. The van der Waals surface area contributed by atoms with E-state index in [1.54, 1.807) is 0 Å². The Morgan fingerprint density at radius 1 is 1.26 bits per heavy atom. The number of methoxy groups -OCH3 is 1. The fraction of sp³-hybridized carbons (Fsp3) is 0.900. The van der Waals surface area contributed by atoms with E-state index in [2.05, 4.69) is 0 Å². The van der Waals surface area contributed by atoms with Crippen LogP contribution >= 0.6 is 0 Å². The van der Waals surface area contributed by atoms with E-state index < -0.39 is 49.4 Å². The van der Waals surface area contributed by atoms with Crippen LogP contribution in [0.3, 0.4) is 0 Å². The van der Waals surface area contributed by atoms with Gasteiger partial charge in [0.2, 0.25) is 0 Å². The lowest BCUT2D eigenvalue weighted by Gasteiger charge is -2.41. The van der Waals surface area contributed by atoms with E-state index in [1.807, 2.05) is 0 Å². The van der Waals surface area contributed by atoms with Crippen molar-refractivity contribution in [3.63, 3.8) is 0 Å². The molecular formula is C10H20O9. The fourth-order valence-electron chi connectivity index (χ4n) is 1.49. The lowest BCUT2D eigenvalue weighted by molar-refractivity contribution is -0.305. The van der Waals surface area contributed by atoms with Crippen LogP contribution in [0.2, 0.25) is 0 Å². The van der Waals surface area contributed by atoms with Crippen molar-refractivity contribution in [2.45, 2.75) is 43.7 Å².